The van der Waals surface area contributed by atoms with Crippen LogP contribution in [0.25, 0.3) is 0 Å². The molecular weight excluding hydrogens is 550 g/mol. The molecule has 3 amide bonds. The number of fused-ring (bicyclic) bond motifs is 2. The molecule has 3 heterocycles. The maximum Gasteiger partial charge on any atom is 0.264 e. The van der Waals surface area contributed by atoms with Crippen LogP contribution in [0.15, 0.2) is 55.1 Å². The number of hydrogen-bond donors (Lipinski definition) is 3. The van der Waals surface area contributed by atoms with Crippen LogP contribution >= 0.6 is 0 Å². The normalized spacial score (nSPS) is 26.6. The number of nitrogens with one attached hydrogen (secondary N) is 1. The minimum absolute atomic E-state index is 0.0325. The van der Waals surface area contributed by atoms with E-state index in [1.807, 2.05) is 6.92 Å². The zero-order chi connectivity index (χ0) is 31.1. The van der Waals surface area contributed by atoms with Crippen molar-refractivity contribution in [3.8, 4) is 5.75 Å². The van der Waals surface area contributed by atoms with E-state index in [0.717, 1.165) is 12.8 Å². The van der Waals surface area contributed by atoms with Crippen LogP contribution in [-0.4, -0.2) is 77.4 Å². The van der Waals surface area contributed by atoms with Crippen LogP contribution in [0.1, 0.15) is 56.0 Å². The molecule has 0 unspecified atom stereocenters. The fraction of sp³-hybridized carbons (Fsp3) is 0.485. The van der Waals surface area contributed by atoms with Gasteiger partial charge < -0.3 is 34.8 Å². The summed E-state index contributed by atoms with van der Waals surface area (Å²) in [6, 6.07) is 11.8. The average Bonchev–Trinajstić information content (AvgIpc) is 3.63. The molecule has 2 fully saturated rings. The Bertz CT molecular complexity index is 1400. The third kappa shape index (κ3) is 5.32. The molecule has 2 aromatic carbocycles. The van der Waals surface area contributed by atoms with Gasteiger partial charge in [-0.05, 0) is 69.2 Å². The molecule has 2 aromatic rings. The van der Waals surface area contributed by atoms with E-state index in [4.69, 9.17) is 9.47 Å². The first-order valence-corrected chi connectivity index (χ1v) is 14.8. The largest absolute Gasteiger partial charge is 0.497 e. The fourth-order valence-electron chi connectivity index (χ4n) is 7.25. The maximum absolute atomic E-state index is 14.3. The lowest BCUT2D eigenvalue weighted by Gasteiger charge is -2.34. The summed E-state index contributed by atoms with van der Waals surface area (Å²) < 4.78 is 11.9. The zero-order valence-corrected chi connectivity index (χ0v) is 25.2. The number of carbonyl (C=O) groups is 3. The first kappa shape index (κ1) is 30.7. The Kier molecular flexibility index (Phi) is 8.39. The van der Waals surface area contributed by atoms with Crippen molar-refractivity contribution in [2.24, 2.45) is 11.8 Å². The van der Waals surface area contributed by atoms with Crippen LogP contribution in [-0.2, 0) is 19.9 Å². The smallest absolute Gasteiger partial charge is 0.264 e. The molecule has 10 heteroatoms. The van der Waals surface area contributed by atoms with Crippen LogP contribution in [0, 0.1) is 11.8 Å². The molecule has 0 saturated carbocycles. The molecule has 3 aliphatic heterocycles. The standard InChI is InChI=1S/C33H41N3O7/c1-6-15-36-26-14-11-22(34-30(39)21-9-12-24(42-5)13-10-21)17-25(26)33(31(36)40)20(2)29(32(3,4)41)27(43-33)18-28(38)35-16-7-8-23(35)19-37/h6,9-14,17,20,23,27,29,37,41H,1,7-8,15-16,18-19H2,2-5H3,(H,34,39)/t20-,23-,27+,29-,33+/m0/s1. The Morgan fingerprint density at radius 2 is 1.95 bits per heavy atom. The van der Waals surface area contributed by atoms with E-state index < -0.39 is 29.1 Å². The van der Waals surface area contributed by atoms with Gasteiger partial charge in [0, 0.05) is 41.7 Å². The summed E-state index contributed by atoms with van der Waals surface area (Å²) in [7, 11) is 1.56. The Hall–Kier alpha value is -3.73. The van der Waals surface area contributed by atoms with E-state index in [9.17, 15) is 24.6 Å². The number of methoxy groups -OCH3 is 1. The molecule has 43 heavy (non-hydrogen) atoms. The molecule has 3 N–H and O–H groups in total. The first-order valence-electron chi connectivity index (χ1n) is 14.8. The molecule has 5 rings (SSSR count). The molecule has 0 aromatic heterocycles. The van der Waals surface area contributed by atoms with Gasteiger partial charge in [-0.25, -0.2) is 0 Å². The van der Waals surface area contributed by atoms with Gasteiger partial charge in [0.05, 0.1) is 43.6 Å². The molecule has 10 nitrogen and oxygen atoms in total. The third-order valence-electron chi connectivity index (χ3n) is 9.19. The van der Waals surface area contributed by atoms with Crippen molar-refractivity contribution in [3.05, 3.63) is 66.2 Å². The molecule has 0 aliphatic carbocycles. The van der Waals surface area contributed by atoms with Crippen molar-refractivity contribution in [2.75, 3.05) is 37.0 Å². The number of rotatable bonds is 9. The van der Waals surface area contributed by atoms with Crippen molar-refractivity contribution in [3.63, 3.8) is 0 Å². The first-order chi connectivity index (χ1) is 20.5. The summed E-state index contributed by atoms with van der Waals surface area (Å²) in [5, 5.41) is 24.1. The second kappa shape index (κ2) is 11.7. The number of aliphatic hydroxyl groups is 2. The Morgan fingerprint density at radius 3 is 2.58 bits per heavy atom. The highest BCUT2D eigenvalue weighted by molar-refractivity contribution is 6.09. The van der Waals surface area contributed by atoms with E-state index >= 15 is 0 Å². The van der Waals surface area contributed by atoms with E-state index in [1.54, 1.807) is 79.3 Å². The number of benzene rings is 2. The number of carbonyl (C=O) groups excluding carboxylic acids is 3. The number of nitrogens with zero attached hydrogens (tertiary/aromatic N) is 2. The monoisotopic (exact) mass is 591 g/mol. The molecule has 2 saturated heterocycles. The second-order valence-electron chi connectivity index (χ2n) is 12.2. The summed E-state index contributed by atoms with van der Waals surface area (Å²) in [4.78, 5) is 44.2. The van der Waals surface area contributed by atoms with Gasteiger partial charge in [-0.2, -0.15) is 0 Å². The Labute approximate surface area is 252 Å². The van der Waals surface area contributed by atoms with E-state index in [2.05, 4.69) is 11.9 Å². The topological polar surface area (TPSA) is 129 Å². The van der Waals surface area contributed by atoms with Gasteiger partial charge in [0.15, 0.2) is 5.60 Å². The van der Waals surface area contributed by atoms with Crippen LogP contribution in [0.3, 0.4) is 0 Å². The summed E-state index contributed by atoms with van der Waals surface area (Å²) in [5.41, 5.74) is -0.656. The third-order valence-corrected chi connectivity index (χ3v) is 9.19. The van der Waals surface area contributed by atoms with Crippen molar-refractivity contribution < 1.29 is 34.1 Å². The Balaban J connectivity index is 1.51. The highest BCUT2D eigenvalue weighted by Crippen LogP contribution is 2.58. The van der Waals surface area contributed by atoms with Crippen molar-refractivity contribution in [1.82, 2.24) is 4.90 Å². The lowest BCUT2D eigenvalue weighted by Crippen LogP contribution is -2.46. The quantitative estimate of drug-likeness (QED) is 0.381. The van der Waals surface area contributed by atoms with Crippen molar-refractivity contribution in [2.45, 2.75) is 63.4 Å². The SMILES string of the molecule is C=CCN1C(=O)[C@]2(O[C@H](CC(=O)N3CCC[C@H]3CO)[C@@H](C(C)(C)O)[C@@H]2C)c2cc(NC(=O)c3ccc(OC)cc3)ccc21. The molecular formula is C33H41N3O7. The van der Waals surface area contributed by atoms with Gasteiger partial charge in [0.1, 0.15) is 5.75 Å². The summed E-state index contributed by atoms with van der Waals surface area (Å²) >= 11 is 0. The lowest BCUT2D eigenvalue weighted by molar-refractivity contribution is -0.150. The van der Waals surface area contributed by atoms with Crippen LogP contribution in [0.2, 0.25) is 0 Å². The summed E-state index contributed by atoms with van der Waals surface area (Å²) in [5.74, 6) is -1.25. The average molecular weight is 592 g/mol. The van der Waals surface area contributed by atoms with E-state index in [1.165, 1.54) is 0 Å². The second-order valence-corrected chi connectivity index (χ2v) is 12.2. The molecule has 0 radical (unpaired) electrons. The van der Waals surface area contributed by atoms with Gasteiger partial charge >= 0.3 is 0 Å². The zero-order valence-electron chi connectivity index (χ0n) is 25.2. The number of anilines is 2. The maximum atomic E-state index is 14.3. The molecule has 3 aliphatic rings. The highest BCUT2D eigenvalue weighted by Gasteiger charge is 2.66. The highest BCUT2D eigenvalue weighted by atomic mass is 16.5. The van der Waals surface area contributed by atoms with Crippen LogP contribution < -0.4 is 15.0 Å². The summed E-state index contributed by atoms with van der Waals surface area (Å²) in [6.07, 6.45) is 2.38. The molecule has 0 bridgehead atoms. The van der Waals surface area contributed by atoms with E-state index in [-0.39, 0.29) is 43.3 Å². The summed E-state index contributed by atoms with van der Waals surface area (Å²) in [6.45, 7) is 9.73. The number of likely N-dealkylation sites (tertiary alicyclic amines) is 1. The number of ether oxygens (including phenoxy) is 2. The molecule has 5 atom stereocenters. The van der Waals surface area contributed by atoms with Crippen LogP contribution in [0.5, 0.6) is 5.75 Å². The van der Waals surface area contributed by atoms with Gasteiger partial charge in [-0.1, -0.05) is 13.0 Å². The van der Waals surface area contributed by atoms with Gasteiger partial charge in [0.25, 0.3) is 11.8 Å². The number of hydrogen-bond acceptors (Lipinski definition) is 7. The predicted octanol–water partition coefficient (Wildman–Crippen LogP) is 3.47. The van der Waals surface area contributed by atoms with Gasteiger partial charge in [-0.15, -0.1) is 6.58 Å². The minimum Gasteiger partial charge on any atom is -0.497 e. The number of aliphatic hydroxyl groups excluding tert-OH is 1. The van der Waals surface area contributed by atoms with Crippen LogP contribution in [0.4, 0.5) is 11.4 Å². The minimum atomic E-state index is -1.49. The Morgan fingerprint density at radius 1 is 1.23 bits per heavy atom. The predicted molar refractivity (Wildman–Crippen MR) is 162 cm³/mol. The van der Waals surface area contributed by atoms with Gasteiger partial charge in [0.2, 0.25) is 5.91 Å². The van der Waals surface area contributed by atoms with E-state index in [0.29, 0.717) is 34.8 Å². The molecule has 230 valence electrons. The van der Waals surface area contributed by atoms with Crippen molar-refractivity contribution in [1.29, 1.82) is 0 Å². The molecule has 1 spiro atoms. The number of amides is 3. The fourth-order valence-corrected chi connectivity index (χ4v) is 7.25. The van der Waals surface area contributed by atoms with Crippen molar-refractivity contribution >= 4 is 29.1 Å². The van der Waals surface area contributed by atoms with Gasteiger partial charge in [-0.3, -0.25) is 14.4 Å². The lowest BCUT2D eigenvalue weighted by atomic mass is 9.70.